The molecule has 1 fully saturated rings. The molecule has 0 unspecified atom stereocenters. The lowest BCUT2D eigenvalue weighted by Gasteiger charge is -2.47. The van der Waals surface area contributed by atoms with Crippen LogP contribution in [0.3, 0.4) is 0 Å². The van der Waals surface area contributed by atoms with Crippen LogP contribution in [-0.4, -0.2) is 61.5 Å². The molecule has 1 aromatic carbocycles. The summed E-state index contributed by atoms with van der Waals surface area (Å²) in [5.74, 6) is -3.02. The van der Waals surface area contributed by atoms with Crippen molar-refractivity contribution < 1.29 is 23.8 Å². The number of hydrogen-bond donors (Lipinski definition) is 6. The van der Waals surface area contributed by atoms with E-state index >= 15 is 0 Å². The molecule has 0 spiro atoms. The van der Waals surface area contributed by atoms with Gasteiger partial charge in [0, 0.05) is 25.2 Å². The van der Waals surface area contributed by atoms with E-state index in [1.165, 1.54) is 11.0 Å². The molecular formula is C24H29F2N5O4S. The smallest absolute Gasteiger partial charge is 0.275 e. The highest BCUT2D eigenvalue weighted by Crippen LogP contribution is 2.33. The van der Waals surface area contributed by atoms with Crippen LogP contribution in [-0.2, 0) is 6.42 Å². The first-order valence-electron chi connectivity index (χ1n) is 11.4. The predicted octanol–water partition coefficient (Wildman–Crippen LogP) is 2.95. The van der Waals surface area contributed by atoms with Crippen molar-refractivity contribution in [2.75, 3.05) is 13.6 Å². The molecule has 0 bridgehead atoms. The minimum absolute atomic E-state index is 0.0627. The van der Waals surface area contributed by atoms with Gasteiger partial charge in [-0.3, -0.25) is 25.7 Å². The molecule has 1 saturated carbocycles. The number of hydrogen-bond acceptors (Lipinski definition) is 8. The van der Waals surface area contributed by atoms with Gasteiger partial charge < -0.3 is 20.1 Å². The van der Waals surface area contributed by atoms with E-state index in [0.717, 1.165) is 12.3 Å². The van der Waals surface area contributed by atoms with Crippen molar-refractivity contribution in [3.8, 4) is 5.75 Å². The lowest BCUT2D eigenvalue weighted by Crippen LogP contribution is -2.61. The fraction of sp³-hybridized carbons (Fsp3) is 0.417. The summed E-state index contributed by atoms with van der Waals surface area (Å²) < 4.78 is 27.0. The Morgan fingerprint density at radius 1 is 1.31 bits per heavy atom. The van der Waals surface area contributed by atoms with Crippen LogP contribution in [0.25, 0.3) is 0 Å². The van der Waals surface area contributed by atoms with Gasteiger partial charge in [-0.15, -0.1) is 0 Å². The molecule has 3 rings (SSSR count). The second kappa shape index (κ2) is 11.3. The molecule has 0 atom stereocenters. The summed E-state index contributed by atoms with van der Waals surface area (Å²) in [4.78, 5) is 30.3. The van der Waals surface area contributed by atoms with Gasteiger partial charge in [-0.1, -0.05) is 17.8 Å². The molecule has 0 saturated heterocycles. The number of aromatic hydroxyl groups is 1. The topological polar surface area (TPSA) is 153 Å². The second-order valence-electron chi connectivity index (χ2n) is 8.58. The van der Waals surface area contributed by atoms with Gasteiger partial charge in [-0.25, -0.2) is 8.78 Å². The second-order valence-corrected chi connectivity index (χ2v) is 9.69. The third-order valence-corrected chi connectivity index (χ3v) is 7.25. The van der Waals surface area contributed by atoms with Gasteiger partial charge in [0.25, 0.3) is 5.91 Å². The summed E-state index contributed by atoms with van der Waals surface area (Å²) in [5.41, 5.74) is -2.23. The Hall–Kier alpha value is -3.09. The number of rotatable bonds is 7. The molecule has 2 aromatic rings. The van der Waals surface area contributed by atoms with Crippen LogP contribution in [0.1, 0.15) is 54.2 Å². The average molecular weight is 522 g/mol. The first kappa shape index (κ1) is 27.5. The number of H-pyrrole nitrogens is 1. The SMILES string of the molecule is CCN(C(=O)c1[nH]cc(C(=N)SC(=N)Cc2ccc(F)cc2F)c(=O)c1O)C1(NC)CCC(O)CC1. The number of halogens is 2. The summed E-state index contributed by atoms with van der Waals surface area (Å²) >= 11 is 0.580. The highest BCUT2D eigenvalue weighted by atomic mass is 32.2. The Bertz CT molecular complexity index is 1230. The van der Waals surface area contributed by atoms with Crippen molar-refractivity contribution in [1.29, 1.82) is 10.8 Å². The normalized spacial score (nSPS) is 19.6. The molecule has 194 valence electrons. The maximum Gasteiger partial charge on any atom is 0.275 e. The van der Waals surface area contributed by atoms with Crippen molar-refractivity contribution in [3.05, 3.63) is 63.1 Å². The maximum absolute atomic E-state index is 13.9. The van der Waals surface area contributed by atoms with Gasteiger partial charge in [-0.05, 0) is 51.3 Å². The number of amides is 1. The third kappa shape index (κ3) is 5.66. The van der Waals surface area contributed by atoms with Crippen molar-refractivity contribution in [2.24, 2.45) is 0 Å². The molecule has 1 aliphatic carbocycles. The average Bonchev–Trinajstić information content (AvgIpc) is 2.84. The number of benzene rings is 1. The third-order valence-electron chi connectivity index (χ3n) is 6.43. The van der Waals surface area contributed by atoms with E-state index in [1.54, 1.807) is 14.0 Å². The first-order valence-corrected chi connectivity index (χ1v) is 12.3. The summed E-state index contributed by atoms with van der Waals surface area (Å²) in [5, 5.41) is 39.3. The molecule has 0 radical (unpaired) electrons. The van der Waals surface area contributed by atoms with E-state index in [0.29, 0.717) is 43.5 Å². The molecule has 1 amide bonds. The number of thioether (sulfide) groups is 1. The largest absolute Gasteiger partial charge is 0.503 e. The van der Waals surface area contributed by atoms with E-state index in [9.17, 15) is 28.6 Å². The minimum Gasteiger partial charge on any atom is -0.503 e. The lowest BCUT2D eigenvalue weighted by atomic mass is 9.85. The molecule has 1 heterocycles. The fourth-order valence-corrected chi connectivity index (χ4v) is 5.15. The Balaban J connectivity index is 1.79. The van der Waals surface area contributed by atoms with Gasteiger partial charge in [0.05, 0.1) is 22.4 Å². The van der Waals surface area contributed by atoms with Crippen LogP contribution in [0.15, 0.2) is 29.2 Å². The molecule has 36 heavy (non-hydrogen) atoms. The Morgan fingerprint density at radius 3 is 2.56 bits per heavy atom. The van der Waals surface area contributed by atoms with Gasteiger partial charge in [0.15, 0.2) is 11.4 Å². The zero-order valence-electron chi connectivity index (χ0n) is 20.0. The molecule has 9 nitrogen and oxygen atoms in total. The lowest BCUT2D eigenvalue weighted by molar-refractivity contribution is -0.00329. The van der Waals surface area contributed by atoms with Crippen LogP contribution < -0.4 is 10.7 Å². The zero-order chi connectivity index (χ0) is 26.6. The van der Waals surface area contributed by atoms with Gasteiger partial charge >= 0.3 is 0 Å². The van der Waals surface area contributed by atoms with Gasteiger partial charge in [0.1, 0.15) is 16.7 Å². The number of nitrogens with one attached hydrogen (secondary N) is 4. The van der Waals surface area contributed by atoms with E-state index < -0.39 is 40.5 Å². The highest BCUT2D eigenvalue weighted by Gasteiger charge is 2.41. The Kier molecular flexibility index (Phi) is 8.64. The van der Waals surface area contributed by atoms with E-state index in [-0.39, 0.29) is 39.9 Å². The van der Waals surface area contributed by atoms with Crippen molar-refractivity contribution >= 4 is 27.8 Å². The monoisotopic (exact) mass is 521 g/mol. The van der Waals surface area contributed by atoms with Gasteiger partial charge in [0.2, 0.25) is 5.43 Å². The van der Waals surface area contributed by atoms with E-state index in [4.69, 9.17) is 10.8 Å². The number of aromatic nitrogens is 1. The van der Waals surface area contributed by atoms with Crippen LogP contribution in [0.2, 0.25) is 0 Å². The van der Waals surface area contributed by atoms with Crippen molar-refractivity contribution in [1.82, 2.24) is 15.2 Å². The van der Waals surface area contributed by atoms with Crippen LogP contribution in [0, 0.1) is 22.5 Å². The number of aliphatic hydroxyl groups excluding tert-OH is 1. The quantitative estimate of drug-likeness (QED) is 0.187. The number of carbonyl (C=O) groups excluding carboxylic acids is 1. The summed E-state index contributed by atoms with van der Waals surface area (Å²) in [7, 11) is 1.71. The van der Waals surface area contributed by atoms with Crippen molar-refractivity contribution in [3.63, 3.8) is 0 Å². The number of nitrogens with zero attached hydrogens (tertiary/aromatic N) is 1. The number of carbonyl (C=O) groups is 1. The number of aliphatic hydroxyl groups is 1. The van der Waals surface area contributed by atoms with Crippen LogP contribution in [0.5, 0.6) is 5.75 Å². The molecular weight excluding hydrogens is 492 g/mol. The molecule has 1 aromatic heterocycles. The minimum atomic E-state index is -0.955. The van der Waals surface area contributed by atoms with Gasteiger partial charge in [-0.2, -0.15) is 0 Å². The first-order chi connectivity index (χ1) is 17.0. The summed E-state index contributed by atoms with van der Waals surface area (Å²) in [6, 6.07) is 2.96. The van der Waals surface area contributed by atoms with E-state index in [1.807, 2.05) is 0 Å². The number of pyridine rings is 1. The predicted molar refractivity (Wildman–Crippen MR) is 134 cm³/mol. The van der Waals surface area contributed by atoms with Crippen molar-refractivity contribution in [2.45, 2.75) is 50.8 Å². The molecule has 12 heteroatoms. The van der Waals surface area contributed by atoms with Crippen LogP contribution >= 0.6 is 11.8 Å². The van der Waals surface area contributed by atoms with Crippen LogP contribution in [0.4, 0.5) is 8.78 Å². The number of aromatic amines is 1. The highest BCUT2D eigenvalue weighted by molar-refractivity contribution is 8.26. The summed E-state index contributed by atoms with van der Waals surface area (Å²) in [6.45, 7) is 2.05. The zero-order valence-corrected chi connectivity index (χ0v) is 20.8. The fourth-order valence-electron chi connectivity index (χ4n) is 4.41. The standard InChI is InChI=1S/C24H29F2N5O4S/c1-3-31(24(29-2)8-6-15(32)7-9-24)23(35)19-21(34)20(33)16(12-30-19)22(28)36-18(27)10-13-4-5-14(25)11-17(13)26/h4-5,11-12,15,27-29,32,34H,3,6-10H2,1-2H3,(H,30,33). The van der Waals surface area contributed by atoms with E-state index in [2.05, 4.69) is 10.3 Å². The maximum atomic E-state index is 13.9. The Labute approximate surface area is 210 Å². The Morgan fingerprint density at radius 2 is 1.97 bits per heavy atom. The summed E-state index contributed by atoms with van der Waals surface area (Å²) in [6.07, 6.45) is 2.43. The molecule has 1 aliphatic rings. The molecule has 6 N–H and O–H groups in total. The molecule has 0 aliphatic heterocycles.